The molecule has 2 N–H and O–H groups in total. The van der Waals surface area contributed by atoms with Crippen molar-refractivity contribution in [3.05, 3.63) is 100 Å². The van der Waals surface area contributed by atoms with Crippen LogP contribution in [0, 0.1) is 6.92 Å². The lowest BCUT2D eigenvalue weighted by molar-refractivity contribution is 0.463. The molecule has 0 fully saturated rings. The molecule has 0 radical (unpaired) electrons. The third kappa shape index (κ3) is 6.28. The van der Waals surface area contributed by atoms with E-state index in [4.69, 9.17) is 4.98 Å². The van der Waals surface area contributed by atoms with Gasteiger partial charge in [0.2, 0.25) is 5.95 Å². The number of benzene rings is 2. The standard InChI is InChI=1S/C34H39N5S/c1-6-7-21-39(5)25(4)26-15-17-28(18-16-26)37-34-35-20-19-31(38-34)29-12-10-13-30(23(29)2)36-24(3)33-22-27-11-8-9-14-32(27)40-33/h10,12-13,15-20,22,36H,3-4,6-9,11,14,21H2,1-2,5H3,(H,35,37,38). The van der Waals surface area contributed by atoms with Crippen molar-refractivity contribution in [2.75, 3.05) is 24.2 Å². The summed E-state index contributed by atoms with van der Waals surface area (Å²) in [4.78, 5) is 14.3. The molecule has 1 aliphatic rings. The maximum absolute atomic E-state index is 4.84. The summed E-state index contributed by atoms with van der Waals surface area (Å²) in [5.41, 5.74) is 9.64. The zero-order chi connectivity index (χ0) is 28.1. The molecular weight excluding hydrogens is 510 g/mol. The minimum atomic E-state index is 0.565. The molecule has 0 unspecified atom stereocenters. The second-order valence-electron chi connectivity index (χ2n) is 10.5. The molecule has 0 saturated carbocycles. The van der Waals surface area contributed by atoms with E-state index in [1.165, 1.54) is 47.4 Å². The highest BCUT2D eigenvalue weighted by molar-refractivity contribution is 7.13. The summed E-state index contributed by atoms with van der Waals surface area (Å²) < 4.78 is 0. The third-order valence-electron chi connectivity index (χ3n) is 7.63. The average molecular weight is 550 g/mol. The van der Waals surface area contributed by atoms with Gasteiger partial charge in [-0.2, -0.15) is 0 Å². The summed E-state index contributed by atoms with van der Waals surface area (Å²) in [7, 11) is 2.10. The van der Waals surface area contributed by atoms with Gasteiger partial charge in [-0.05, 0) is 86.1 Å². The van der Waals surface area contributed by atoms with E-state index in [-0.39, 0.29) is 0 Å². The summed E-state index contributed by atoms with van der Waals surface area (Å²) in [6, 6.07) is 18.8. The van der Waals surface area contributed by atoms with Crippen molar-refractivity contribution >= 4 is 40.1 Å². The number of rotatable bonds is 11. The fraction of sp³-hybridized carbons (Fsp3) is 0.294. The number of aryl methyl sites for hydroxylation is 2. The first-order valence-electron chi connectivity index (χ1n) is 14.2. The van der Waals surface area contributed by atoms with E-state index in [1.807, 2.05) is 29.5 Å². The normalized spacial score (nSPS) is 12.5. The van der Waals surface area contributed by atoms with E-state index in [1.54, 1.807) is 6.20 Å². The molecular formula is C34H39N5S. The van der Waals surface area contributed by atoms with Gasteiger partial charge < -0.3 is 15.5 Å². The topological polar surface area (TPSA) is 53.1 Å². The highest BCUT2D eigenvalue weighted by Gasteiger charge is 2.16. The van der Waals surface area contributed by atoms with Crippen molar-refractivity contribution in [3.63, 3.8) is 0 Å². The first-order chi connectivity index (χ1) is 19.4. The molecule has 206 valence electrons. The Bertz CT molecular complexity index is 1480. The first kappa shape index (κ1) is 27.7. The molecule has 2 aromatic carbocycles. The van der Waals surface area contributed by atoms with Gasteiger partial charge in [-0.1, -0.05) is 50.8 Å². The van der Waals surface area contributed by atoms with Crippen LogP contribution in [0.3, 0.4) is 0 Å². The highest BCUT2D eigenvalue weighted by Crippen LogP contribution is 2.35. The number of fused-ring (bicyclic) bond motifs is 1. The van der Waals surface area contributed by atoms with Crippen molar-refractivity contribution in [3.8, 4) is 11.3 Å². The Labute approximate surface area is 242 Å². The fourth-order valence-corrected chi connectivity index (χ4v) is 6.29. The van der Waals surface area contributed by atoms with E-state index in [2.05, 4.69) is 91.0 Å². The van der Waals surface area contributed by atoms with Crippen molar-refractivity contribution in [2.45, 2.75) is 52.4 Å². The fourth-order valence-electron chi connectivity index (χ4n) is 5.11. The monoisotopic (exact) mass is 549 g/mol. The number of nitrogens with one attached hydrogen (secondary N) is 2. The Balaban J connectivity index is 1.29. The second kappa shape index (κ2) is 12.5. The molecule has 0 atom stereocenters. The van der Waals surface area contributed by atoms with Crippen LogP contribution in [0.15, 0.2) is 74.0 Å². The lowest BCUT2D eigenvalue weighted by atomic mass is 9.99. The van der Waals surface area contributed by atoms with Gasteiger partial charge in [-0.25, -0.2) is 9.97 Å². The molecule has 4 aromatic rings. The number of nitrogens with zero attached hydrogens (tertiary/aromatic N) is 3. The molecule has 2 heterocycles. The van der Waals surface area contributed by atoms with Crippen molar-refractivity contribution in [2.24, 2.45) is 0 Å². The van der Waals surface area contributed by atoms with Gasteiger partial charge in [-0.3, -0.25) is 0 Å². The van der Waals surface area contributed by atoms with Crippen LogP contribution in [0.25, 0.3) is 22.7 Å². The van der Waals surface area contributed by atoms with Crippen molar-refractivity contribution in [1.82, 2.24) is 14.9 Å². The summed E-state index contributed by atoms with van der Waals surface area (Å²) in [6.45, 7) is 14.0. The van der Waals surface area contributed by atoms with E-state index < -0.39 is 0 Å². The van der Waals surface area contributed by atoms with Gasteiger partial charge in [0.25, 0.3) is 0 Å². The Morgan fingerprint density at radius 2 is 1.85 bits per heavy atom. The first-order valence-corrected chi connectivity index (χ1v) is 15.0. The maximum Gasteiger partial charge on any atom is 0.227 e. The van der Waals surface area contributed by atoms with Crippen LogP contribution in [0.1, 0.15) is 59.1 Å². The minimum Gasteiger partial charge on any atom is -0.375 e. The molecule has 0 spiro atoms. The molecule has 0 bridgehead atoms. The summed E-state index contributed by atoms with van der Waals surface area (Å²) >= 11 is 1.88. The van der Waals surface area contributed by atoms with E-state index >= 15 is 0 Å². The zero-order valence-corrected chi connectivity index (χ0v) is 24.7. The van der Waals surface area contributed by atoms with Crippen LogP contribution in [-0.2, 0) is 12.8 Å². The predicted molar refractivity (Wildman–Crippen MR) is 172 cm³/mol. The summed E-state index contributed by atoms with van der Waals surface area (Å²) in [6.07, 6.45) is 9.10. The molecule has 0 amide bonds. The highest BCUT2D eigenvalue weighted by atomic mass is 32.1. The van der Waals surface area contributed by atoms with E-state index in [9.17, 15) is 0 Å². The van der Waals surface area contributed by atoms with E-state index in [0.717, 1.165) is 58.1 Å². The van der Waals surface area contributed by atoms with Gasteiger partial charge >= 0.3 is 0 Å². The van der Waals surface area contributed by atoms with Crippen LogP contribution < -0.4 is 10.6 Å². The Kier molecular flexibility index (Phi) is 8.66. The van der Waals surface area contributed by atoms with Crippen molar-refractivity contribution < 1.29 is 0 Å². The lowest BCUT2D eigenvalue weighted by Gasteiger charge is -2.21. The number of unbranched alkanes of at least 4 members (excludes halogenated alkanes) is 1. The minimum absolute atomic E-state index is 0.565. The smallest absolute Gasteiger partial charge is 0.227 e. The van der Waals surface area contributed by atoms with Gasteiger partial charge in [-0.15, -0.1) is 11.3 Å². The Morgan fingerprint density at radius 3 is 2.62 bits per heavy atom. The zero-order valence-electron chi connectivity index (χ0n) is 23.9. The van der Waals surface area contributed by atoms with Gasteiger partial charge in [0.15, 0.2) is 0 Å². The lowest BCUT2D eigenvalue weighted by Crippen LogP contribution is -2.17. The molecule has 6 heteroatoms. The maximum atomic E-state index is 4.84. The van der Waals surface area contributed by atoms with Crippen LogP contribution in [0.2, 0.25) is 0 Å². The molecule has 0 aliphatic heterocycles. The molecule has 2 aromatic heterocycles. The Morgan fingerprint density at radius 1 is 1.05 bits per heavy atom. The number of hydrogen-bond acceptors (Lipinski definition) is 6. The van der Waals surface area contributed by atoms with Crippen LogP contribution >= 0.6 is 11.3 Å². The molecule has 1 aliphatic carbocycles. The van der Waals surface area contributed by atoms with Gasteiger partial charge in [0.1, 0.15) is 0 Å². The molecule has 40 heavy (non-hydrogen) atoms. The third-order valence-corrected chi connectivity index (χ3v) is 8.92. The van der Waals surface area contributed by atoms with Crippen LogP contribution in [0.4, 0.5) is 17.3 Å². The molecule has 5 nitrogen and oxygen atoms in total. The van der Waals surface area contributed by atoms with E-state index in [0.29, 0.717) is 5.95 Å². The number of aromatic nitrogens is 2. The molecule has 5 rings (SSSR count). The number of hydrogen-bond donors (Lipinski definition) is 2. The summed E-state index contributed by atoms with van der Waals surface area (Å²) in [5.74, 6) is 0.565. The van der Waals surface area contributed by atoms with Gasteiger partial charge in [0.05, 0.1) is 10.6 Å². The molecule has 0 saturated heterocycles. The quantitative estimate of drug-likeness (QED) is 0.196. The predicted octanol–water partition coefficient (Wildman–Crippen LogP) is 8.92. The number of thiophene rings is 1. The van der Waals surface area contributed by atoms with Crippen LogP contribution in [0.5, 0.6) is 0 Å². The van der Waals surface area contributed by atoms with Crippen molar-refractivity contribution in [1.29, 1.82) is 0 Å². The average Bonchev–Trinajstić information content (AvgIpc) is 3.42. The SMILES string of the molecule is C=C(Nc1cccc(-c2ccnc(Nc3ccc(C(=C)N(C)CCCC)cc3)n2)c1C)c1cc2c(s1)CCCC2. The summed E-state index contributed by atoms with van der Waals surface area (Å²) in [5, 5.41) is 6.94. The van der Waals surface area contributed by atoms with Gasteiger partial charge in [0, 0.05) is 53.0 Å². The van der Waals surface area contributed by atoms with Crippen LogP contribution in [-0.4, -0.2) is 28.5 Å². The second-order valence-corrected chi connectivity index (χ2v) is 11.7. The number of anilines is 3. The Hall–Kier alpha value is -3.90. The largest absolute Gasteiger partial charge is 0.375 e.